The van der Waals surface area contributed by atoms with Crippen LogP contribution in [0.2, 0.25) is 0 Å². The van der Waals surface area contributed by atoms with Crippen molar-refractivity contribution in [1.29, 1.82) is 0 Å². The number of hydrogen-bond acceptors (Lipinski definition) is 3. The van der Waals surface area contributed by atoms with Gasteiger partial charge in [0, 0.05) is 51.5 Å². The Labute approximate surface area is 111 Å². The molecule has 0 saturated carbocycles. The van der Waals surface area contributed by atoms with Gasteiger partial charge < -0.3 is 10.2 Å². The lowest BCUT2D eigenvalue weighted by Gasteiger charge is -2.31. The van der Waals surface area contributed by atoms with Gasteiger partial charge in [0.2, 0.25) is 0 Å². The first-order valence-electron chi connectivity index (χ1n) is 7.04. The summed E-state index contributed by atoms with van der Waals surface area (Å²) in [5.41, 5.74) is 2.68. The van der Waals surface area contributed by atoms with Gasteiger partial charge in [-0.2, -0.15) is 0 Å². The summed E-state index contributed by atoms with van der Waals surface area (Å²) in [4.78, 5) is 5.01. The molecule has 0 aromatic heterocycles. The minimum Gasteiger partial charge on any atom is -0.371 e. The molecule has 1 N–H and O–H groups in total. The summed E-state index contributed by atoms with van der Waals surface area (Å²) in [5.74, 6) is 0. The van der Waals surface area contributed by atoms with Crippen LogP contribution in [0.3, 0.4) is 0 Å². The molecule has 1 heterocycles. The van der Waals surface area contributed by atoms with Gasteiger partial charge >= 0.3 is 0 Å². The topological polar surface area (TPSA) is 18.5 Å². The highest BCUT2D eigenvalue weighted by molar-refractivity contribution is 5.47. The molecule has 3 nitrogen and oxygen atoms in total. The molecule has 0 amide bonds. The van der Waals surface area contributed by atoms with Gasteiger partial charge in [-0.05, 0) is 26.0 Å². The molecule has 0 spiro atoms. The van der Waals surface area contributed by atoms with E-state index in [1.54, 1.807) is 0 Å². The van der Waals surface area contributed by atoms with Gasteiger partial charge in [-0.1, -0.05) is 17.7 Å². The van der Waals surface area contributed by atoms with Gasteiger partial charge in [-0.3, -0.25) is 4.90 Å². The van der Waals surface area contributed by atoms with Crippen LogP contribution in [-0.4, -0.2) is 50.7 Å². The van der Waals surface area contributed by atoms with Crippen LogP contribution in [0.1, 0.15) is 12.5 Å². The number of rotatable bonds is 5. The van der Waals surface area contributed by atoms with Crippen molar-refractivity contribution in [2.45, 2.75) is 13.8 Å². The number of nitrogens with zero attached hydrogens (tertiary/aromatic N) is 2. The van der Waals surface area contributed by atoms with Crippen molar-refractivity contribution in [2.24, 2.45) is 0 Å². The SMILES string of the molecule is CCN(CCN1CCNCC1)c1ccc(C)cc1. The third kappa shape index (κ3) is 3.72. The number of hydrogen-bond donors (Lipinski definition) is 1. The molecule has 1 aliphatic rings. The normalized spacial score (nSPS) is 16.8. The van der Waals surface area contributed by atoms with E-state index >= 15 is 0 Å². The average molecular weight is 247 g/mol. The molecular formula is C15H25N3. The zero-order valence-electron chi connectivity index (χ0n) is 11.7. The van der Waals surface area contributed by atoms with Crippen LogP contribution in [0.4, 0.5) is 5.69 Å². The number of anilines is 1. The van der Waals surface area contributed by atoms with Crippen LogP contribution in [0.25, 0.3) is 0 Å². The van der Waals surface area contributed by atoms with E-state index < -0.39 is 0 Å². The van der Waals surface area contributed by atoms with Gasteiger partial charge in [-0.25, -0.2) is 0 Å². The molecule has 18 heavy (non-hydrogen) atoms. The summed E-state index contributed by atoms with van der Waals surface area (Å²) in [6, 6.07) is 8.86. The molecule has 3 heteroatoms. The van der Waals surface area contributed by atoms with Crippen molar-refractivity contribution >= 4 is 5.69 Å². The molecule has 1 saturated heterocycles. The van der Waals surface area contributed by atoms with E-state index in [4.69, 9.17) is 0 Å². The predicted octanol–water partition coefficient (Wildman–Crippen LogP) is 1.73. The number of benzene rings is 1. The Morgan fingerprint density at radius 1 is 1.17 bits per heavy atom. The Morgan fingerprint density at radius 3 is 2.44 bits per heavy atom. The van der Waals surface area contributed by atoms with E-state index in [0.29, 0.717) is 0 Å². The van der Waals surface area contributed by atoms with Crippen molar-refractivity contribution in [1.82, 2.24) is 10.2 Å². The van der Waals surface area contributed by atoms with Crippen LogP contribution in [-0.2, 0) is 0 Å². The minimum absolute atomic E-state index is 1.08. The maximum absolute atomic E-state index is 3.40. The highest BCUT2D eigenvalue weighted by Crippen LogP contribution is 2.14. The van der Waals surface area contributed by atoms with Crippen molar-refractivity contribution in [3.8, 4) is 0 Å². The van der Waals surface area contributed by atoms with Crippen LogP contribution in [0.5, 0.6) is 0 Å². The molecular weight excluding hydrogens is 222 g/mol. The Kier molecular flexibility index (Phi) is 5.02. The first kappa shape index (κ1) is 13.4. The summed E-state index contributed by atoms with van der Waals surface area (Å²) in [6.45, 7) is 12.4. The summed E-state index contributed by atoms with van der Waals surface area (Å²) in [6.07, 6.45) is 0. The van der Waals surface area contributed by atoms with Crippen molar-refractivity contribution in [3.05, 3.63) is 29.8 Å². The molecule has 0 unspecified atom stereocenters. The molecule has 1 fully saturated rings. The standard InChI is InChI=1S/C15H25N3/c1-3-18(15-6-4-14(2)5-7-15)13-12-17-10-8-16-9-11-17/h4-7,16H,3,8-13H2,1-2H3. The molecule has 0 atom stereocenters. The molecule has 0 radical (unpaired) electrons. The maximum atomic E-state index is 3.40. The lowest BCUT2D eigenvalue weighted by atomic mass is 10.2. The highest BCUT2D eigenvalue weighted by Gasteiger charge is 2.11. The van der Waals surface area contributed by atoms with Crippen molar-refractivity contribution in [2.75, 3.05) is 50.7 Å². The van der Waals surface area contributed by atoms with Crippen molar-refractivity contribution < 1.29 is 0 Å². The lowest BCUT2D eigenvalue weighted by molar-refractivity contribution is 0.246. The number of aryl methyl sites for hydroxylation is 1. The monoisotopic (exact) mass is 247 g/mol. The second-order valence-corrected chi connectivity index (χ2v) is 5.01. The predicted molar refractivity (Wildman–Crippen MR) is 78.4 cm³/mol. The van der Waals surface area contributed by atoms with Crippen molar-refractivity contribution in [3.63, 3.8) is 0 Å². The Morgan fingerprint density at radius 2 is 1.83 bits per heavy atom. The summed E-state index contributed by atoms with van der Waals surface area (Å²) in [5, 5.41) is 3.40. The fraction of sp³-hybridized carbons (Fsp3) is 0.600. The van der Waals surface area contributed by atoms with Crippen LogP contribution in [0, 0.1) is 6.92 Å². The second-order valence-electron chi connectivity index (χ2n) is 5.01. The van der Waals surface area contributed by atoms with Crippen LogP contribution >= 0.6 is 0 Å². The summed E-state index contributed by atoms with van der Waals surface area (Å²) >= 11 is 0. The van der Waals surface area contributed by atoms with Crippen LogP contribution < -0.4 is 10.2 Å². The maximum Gasteiger partial charge on any atom is 0.0366 e. The Hall–Kier alpha value is -1.06. The number of likely N-dealkylation sites (N-methyl/N-ethyl adjacent to an activating group) is 1. The molecule has 0 bridgehead atoms. The molecule has 2 rings (SSSR count). The largest absolute Gasteiger partial charge is 0.371 e. The van der Waals surface area contributed by atoms with E-state index in [0.717, 1.165) is 26.2 Å². The quantitative estimate of drug-likeness (QED) is 0.855. The Bertz CT molecular complexity index is 341. The summed E-state index contributed by atoms with van der Waals surface area (Å²) in [7, 11) is 0. The molecule has 100 valence electrons. The first-order chi connectivity index (χ1) is 8.79. The van der Waals surface area contributed by atoms with E-state index in [1.165, 1.54) is 30.9 Å². The highest BCUT2D eigenvalue weighted by atomic mass is 15.2. The van der Waals surface area contributed by atoms with E-state index in [2.05, 4.69) is 53.2 Å². The number of nitrogens with one attached hydrogen (secondary N) is 1. The van der Waals surface area contributed by atoms with Gasteiger partial charge in [0.25, 0.3) is 0 Å². The van der Waals surface area contributed by atoms with E-state index in [1.807, 2.05) is 0 Å². The molecule has 1 aromatic rings. The smallest absolute Gasteiger partial charge is 0.0366 e. The average Bonchev–Trinajstić information content (AvgIpc) is 2.42. The van der Waals surface area contributed by atoms with E-state index in [-0.39, 0.29) is 0 Å². The van der Waals surface area contributed by atoms with Crippen LogP contribution in [0.15, 0.2) is 24.3 Å². The fourth-order valence-electron chi connectivity index (χ4n) is 2.42. The zero-order chi connectivity index (χ0) is 12.8. The van der Waals surface area contributed by atoms with Gasteiger partial charge in [0.15, 0.2) is 0 Å². The van der Waals surface area contributed by atoms with E-state index in [9.17, 15) is 0 Å². The molecule has 0 aliphatic carbocycles. The second kappa shape index (κ2) is 6.76. The third-order valence-corrected chi connectivity index (χ3v) is 3.68. The minimum atomic E-state index is 1.08. The zero-order valence-corrected chi connectivity index (χ0v) is 11.7. The van der Waals surface area contributed by atoms with Gasteiger partial charge in [0.05, 0.1) is 0 Å². The first-order valence-corrected chi connectivity index (χ1v) is 7.04. The molecule has 1 aromatic carbocycles. The lowest BCUT2D eigenvalue weighted by Crippen LogP contribution is -2.46. The third-order valence-electron chi connectivity index (χ3n) is 3.68. The molecule has 1 aliphatic heterocycles. The van der Waals surface area contributed by atoms with Gasteiger partial charge in [-0.15, -0.1) is 0 Å². The summed E-state index contributed by atoms with van der Waals surface area (Å²) < 4.78 is 0. The fourth-order valence-corrected chi connectivity index (χ4v) is 2.42. The Balaban J connectivity index is 1.86. The number of piperazine rings is 1. The van der Waals surface area contributed by atoms with Gasteiger partial charge in [0.1, 0.15) is 0 Å².